The van der Waals surface area contributed by atoms with Gasteiger partial charge >= 0.3 is 0 Å². The molecule has 0 fully saturated rings. The third-order valence-electron chi connectivity index (χ3n) is 4.77. The van der Waals surface area contributed by atoms with E-state index in [0.29, 0.717) is 32.0 Å². The first-order valence-corrected chi connectivity index (χ1v) is 10.6. The quantitative estimate of drug-likeness (QED) is 0.492. The molecule has 3 rings (SSSR count). The number of nitrogens with zero attached hydrogens (tertiary/aromatic N) is 2. The maximum Gasteiger partial charge on any atom is 0.244 e. The van der Waals surface area contributed by atoms with Gasteiger partial charge in [-0.25, -0.2) is 4.99 Å². The number of hydrogen-bond acceptors (Lipinski definition) is 4. The van der Waals surface area contributed by atoms with Crippen molar-refractivity contribution in [1.29, 1.82) is 0 Å². The summed E-state index contributed by atoms with van der Waals surface area (Å²) in [5.41, 5.74) is 2.16. The van der Waals surface area contributed by atoms with Gasteiger partial charge in [-0.05, 0) is 42.3 Å². The van der Waals surface area contributed by atoms with Crippen molar-refractivity contribution >= 4 is 23.2 Å². The molecule has 7 heteroatoms. The first kappa shape index (κ1) is 20.4. The summed E-state index contributed by atoms with van der Waals surface area (Å²) in [6.07, 6.45) is 0.972. The van der Waals surface area contributed by atoms with Crippen LogP contribution in [0.15, 0.2) is 46.8 Å². The zero-order valence-electron chi connectivity index (χ0n) is 16.2. The van der Waals surface area contributed by atoms with Crippen molar-refractivity contribution in [2.75, 3.05) is 26.2 Å². The standard InChI is InChI=1S/C21H28N4O2S/c1-2-22-21(23-11-8-18(26)16-6-4-3-5-7-16)24-14-20(27)25-12-9-19-17(15-25)10-13-28-19/h3-7,10,13,18,26H,2,8-9,11-12,14-15H2,1H3,(H2,22,23,24). The highest BCUT2D eigenvalue weighted by Crippen LogP contribution is 2.23. The van der Waals surface area contributed by atoms with Crippen LogP contribution < -0.4 is 10.6 Å². The van der Waals surface area contributed by atoms with E-state index in [-0.39, 0.29) is 12.5 Å². The number of carbonyl (C=O) groups is 1. The molecule has 0 spiro atoms. The number of carbonyl (C=O) groups excluding carboxylic acids is 1. The first-order valence-electron chi connectivity index (χ1n) is 9.75. The molecule has 0 saturated heterocycles. The summed E-state index contributed by atoms with van der Waals surface area (Å²) in [6, 6.07) is 11.7. The maximum atomic E-state index is 12.5. The highest BCUT2D eigenvalue weighted by Gasteiger charge is 2.21. The van der Waals surface area contributed by atoms with E-state index in [1.54, 1.807) is 11.3 Å². The largest absolute Gasteiger partial charge is 0.388 e. The number of thiophene rings is 1. The third kappa shape index (κ3) is 5.56. The average Bonchev–Trinajstić information content (AvgIpc) is 3.20. The summed E-state index contributed by atoms with van der Waals surface area (Å²) in [6.45, 7) is 4.83. The topological polar surface area (TPSA) is 77.0 Å². The minimum Gasteiger partial charge on any atom is -0.388 e. The van der Waals surface area contributed by atoms with Crippen molar-refractivity contribution < 1.29 is 9.90 Å². The Morgan fingerprint density at radius 1 is 1.29 bits per heavy atom. The molecule has 1 amide bonds. The molecule has 2 aromatic rings. The Kier molecular flexibility index (Phi) is 7.45. The number of benzene rings is 1. The number of amides is 1. The van der Waals surface area contributed by atoms with Gasteiger partial charge in [-0.2, -0.15) is 0 Å². The predicted octanol–water partition coefficient (Wildman–Crippen LogP) is 2.31. The summed E-state index contributed by atoms with van der Waals surface area (Å²) < 4.78 is 0. The van der Waals surface area contributed by atoms with E-state index in [9.17, 15) is 9.90 Å². The smallest absolute Gasteiger partial charge is 0.244 e. The van der Waals surface area contributed by atoms with Crippen molar-refractivity contribution in [3.63, 3.8) is 0 Å². The molecule has 1 aromatic carbocycles. The van der Waals surface area contributed by atoms with E-state index >= 15 is 0 Å². The number of hydrogen-bond donors (Lipinski definition) is 3. The van der Waals surface area contributed by atoms with Gasteiger partial charge in [-0.1, -0.05) is 30.3 Å². The van der Waals surface area contributed by atoms with Crippen LogP contribution in [0.1, 0.15) is 35.5 Å². The third-order valence-corrected chi connectivity index (χ3v) is 5.79. The predicted molar refractivity (Wildman–Crippen MR) is 113 cm³/mol. The molecule has 0 bridgehead atoms. The van der Waals surface area contributed by atoms with Crippen molar-refractivity contribution in [1.82, 2.24) is 15.5 Å². The number of guanidine groups is 1. The lowest BCUT2D eigenvalue weighted by molar-refractivity contribution is -0.130. The van der Waals surface area contributed by atoms with Crippen LogP contribution in [0.25, 0.3) is 0 Å². The fourth-order valence-corrected chi connectivity index (χ4v) is 4.11. The zero-order valence-corrected chi connectivity index (χ0v) is 17.0. The van der Waals surface area contributed by atoms with Crippen LogP contribution in [-0.2, 0) is 17.8 Å². The molecule has 1 unspecified atom stereocenters. The van der Waals surface area contributed by atoms with Gasteiger partial charge < -0.3 is 20.6 Å². The second kappa shape index (κ2) is 10.2. The van der Waals surface area contributed by atoms with Crippen molar-refractivity contribution in [2.24, 2.45) is 4.99 Å². The fraction of sp³-hybridized carbons (Fsp3) is 0.429. The zero-order chi connectivity index (χ0) is 19.8. The Labute approximate surface area is 170 Å². The summed E-state index contributed by atoms with van der Waals surface area (Å²) >= 11 is 1.77. The van der Waals surface area contributed by atoms with Crippen molar-refractivity contribution in [3.05, 3.63) is 57.8 Å². The lowest BCUT2D eigenvalue weighted by Crippen LogP contribution is -2.40. The minimum absolute atomic E-state index is 0.0402. The van der Waals surface area contributed by atoms with Gasteiger partial charge in [0.1, 0.15) is 6.54 Å². The van der Waals surface area contributed by atoms with Gasteiger partial charge in [-0.15, -0.1) is 11.3 Å². The van der Waals surface area contributed by atoms with E-state index in [4.69, 9.17) is 0 Å². The minimum atomic E-state index is -0.522. The molecule has 1 atom stereocenters. The number of aliphatic imine (C=N–C) groups is 1. The van der Waals surface area contributed by atoms with Crippen LogP contribution in [0.3, 0.4) is 0 Å². The SMILES string of the molecule is CCNC(=NCC(=O)N1CCc2sccc2C1)NCCC(O)c1ccccc1. The molecular formula is C21H28N4O2S. The van der Waals surface area contributed by atoms with E-state index in [0.717, 1.165) is 18.5 Å². The Balaban J connectivity index is 1.47. The summed E-state index contributed by atoms with van der Waals surface area (Å²) in [5, 5.41) is 18.7. The van der Waals surface area contributed by atoms with Crippen LogP contribution in [0, 0.1) is 0 Å². The van der Waals surface area contributed by atoms with Crippen LogP contribution in [0.4, 0.5) is 0 Å². The van der Waals surface area contributed by atoms with Gasteiger partial charge in [0.2, 0.25) is 5.91 Å². The van der Waals surface area contributed by atoms with Crippen LogP contribution >= 0.6 is 11.3 Å². The molecule has 28 heavy (non-hydrogen) atoms. The van der Waals surface area contributed by atoms with Gasteiger partial charge in [-0.3, -0.25) is 4.79 Å². The van der Waals surface area contributed by atoms with E-state index in [2.05, 4.69) is 27.1 Å². The highest BCUT2D eigenvalue weighted by atomic mass is 32.1. The highest BCUT2D eigenvalue weighted by molar-refractivity contribution is 7.10. The normalized spacial score (nSPS) is 15.1. The van der Waals surface area contributed by atoms with Gasteiger partial charge in [0.15, 0.2) is 5.96 Å². The monoisotopic (exact) mass is 400 g/mol. The number of aliphatic hydroxyl groups is 1. The van der Waals surface area contributed by atoms with Crippen molar-refractivity contribution in [2.45, 2.75) is 32.4 Å². The Morgan fingerprint density at radius 2 is 2.11 bits per heavy atom. The molecule has 0 aliphatic carbocycles. The number of fused-ring (bicyclic) bond motifs is 1. The lowest BCUT2D eigenvalue weighted by Gasteiger charge is -2.26. The summed E-state index contributed by atoms with van der Waals surface area (Å²) in [7, 11) is 0. The average molecular weight is 401 g/mol. The van der Waals surface area contributed by atoms with E-state index < -0.39 is 6.10 Å². The van der Waals surface area contributed by atoms with E-state index in [1.807, 2.05) is 42.2 Å². The Morgan fingerprint density at radius 3 is 2.89 bits per heavy atom. The van der Waals surface area contributed by atoms with Gasteiger partial charge in [0.05, 0.1) is 6.10 Å². The fourth-order valence-electron chi connectivity index (χ4n) is 3.22. The number of aliphatic hydroxyl groups excluding tert-OH is 1. The molecule has 3 N–H and O–H groups in total. The summed E-state index contributed by atoms with van der Waals surface area (Å²) in [4.78, 5) is 20.2. The molecule has 150 valence electrons. The van der Waals surface area contributed by atoms with Crippen LogP contribution in [0.5, 0.6) is 0 Å². The molecular weight excluding hydrogens is 372 g/mol. The molecule has 1 aromatic heterocycles. The maximum absolute atomic E-state index is 12.5. The molecule has 1 aliphatic heterocycles. The van der Waals surface area contributed by atoms with Crippen LogP contribution in [-0.4, -0.2) is 48.1 Å². The molecule has 1 aliphatic rings. The second-order valence-electron chi connectivity index (χ2n) is 6.77. The van der Waals surface area contributed by atoms with Gasteiger partial charge in [0.25, 0.3) is 0 Å². The molecule has 2 heterocycles. The first-order chi connectivity index (χ1) is 13.7. The second-order valence-corrected chi connectivity index (χ2v) is 7.77. The Bertz CT molecular complexity index is 791. The number of rotatable bonds is 7. The van der Waals surface area contributed by atoms with Crippen molar-refractivity contribution in [3.8, 4) is 0 Å². The van der Waals surface area contributed by atoms with Crippen LogP contribution in [0.2, 0.25) is 0 Å². The molecule has 0 saturated carbocycles. The number of nitrogens with one attached hydrogen (secondary N) is 2. The van der Waals surface area contributed by atoms with E-state index in [1.165, 1.54) is 10.4 Å². The lowest BCUT2D eigenvalue weighted by atomic mass is 10.1. The van der Waals surface area contributed by atoms with Gasteiger partial charge in [0, 0.05) is 31.1 Å². The Hall–Kier alpha value is -2.38. The molecule has 0 radical (unpaired) electrons. The summed E-state index contributed by atoms with van der Waals surface area (Å²) in [5.74, 6) is 0.641. The molecule has 6 nitrogen and oxygen atoms in total.